The Kier molecular flexibility index (Phi) is 5.55. The van der Waals surface area contributed by atoms with Crippen LogP contribution in [-0.2, 0) is 23.9 Å². The van der Waals surface area contributed by atoms with Crippen molar-refractivity contribution in [3.63, 3.8) is 0 Å². The van der Waals surface area contributed by atoms with Gasteiger partial charge >= 0.3 is 17.9 Å². The fraction of sp³-hybridized carbons (Fsp3) is 0.720. The van der Waals surface area contributed by atoms with Gasteiger partial charge in [-0.1, -0.05) is 25.5 Å². The van der Waals surface area contributed by atoms with E-state index in [2.05, 4.69) is 19.9 Å². The van der Waals surface area contributed by atoms with E-state index >= 15 is 0 Å². The largest absolute Gasteiger partial charge is 0.478 e. The lowest BCUT2D eigenvalue weighted by Crippen LogP contribution is -2.51. The smallest absolute Gasteiger partial charge is 0.328 e. The number of hydrogen-bond donors (Lipinski definition) is 1. The second-order valence-electron chi connectivity index (χ2n) is 10.5. The van der Waals surface area contributed by atoms with E-state index in [1.54, 1.807) is 0 Å². The number of fused-ring (bicyclic) bond motifs is 5. The van der Waals surface area contributed by atoms with Gasteiger partial charge in [-0.2, -0.15) is 0 Å². The standard InChI is InChI=1S/C25H34O6/c1-14(26)30-18-7-9-24(3)17(13-18)5-6-19-20(24)8-10-25(4)21(19)11-16(12-22(28)29)23(25)31-15(2)27/h5,12,18-21,23H,6-11,13H2,1-4H3,(H,28,29)/b16-12+. The van der Waals surface area contributed by atoms with Crippen molar-refractivity contribution in [1.82, 2.24) is 0 Å². The topological polar surface area (TPSA) is 89.9 Å². The van der Waals surface area contributed by atoms with Crippen LogP contribution in [0.25, 0.3) is 0 Å². The highest BCUT2D eigenvalue weighted by molar-refractivity contribution is 5.81. The van der Waals surface area contributed by atoms with Crippen molar-refractivity contribution in [1.29, 1.82) is 0 Å². The van der Waals surface area contributed by atoms with Crippen LogP contribution >= 0.6 is 0 Å². The summed E-state index contributed by atoms with van der Waals surface area (Å²) in [5.41, 5.74) is 2.03. The molecule has 1 N–H and O–H groups in total. The van der Waals surface area contributed by atoms with Crippen molar-refractivity contribution in [3.05, 3.63) is 23.3 Å². The van der Waals surface area contributed by atoms with Gasteiger partial charge in [-0.3, -0.25) is 9.59 Å². The van der Waals surface area contributed by atoms with Crippen LogP contribution in [0.3, 0.4) is 0 Å². The molecule has 0 bridgehead atoms. The van der Waals surface area contributed by atoms with Gasteiger partial charge in [-0.15, -0.1) is 0 Å². The maximum Gasteiger partial charge on any atom is 0.328 e. The van der Waals surface area contributed by atoms with E-state index in [4.69, 9.17) is 9.47 Å². The lowest BCUT2D eigenvalue weighted by Gasteiger charge is -2.57. The zero-order valence-corrected chi connectivity index (χ0v) is 19.0. The van der Waals surface area contributed by atoms with Crippen molar-refractivity contribution in [3.8, 4) is 0 Å². The summed E-state index contributed by atoms with van der Waals surface area (Å²) in [7, 11) is 0. The zero-order valence-electron chi connectivity index (χ0n) is 19.0. The molecule has 170 valence electrons. The molecule has 3 fully saturated rings. The summed E-state index contributed by atoms with van der Waals surface area (Å²) >= 11 is 0. The molecule has 6 nitrogen and oxygen atoms in total. The summed E-state index contributed by atoms with van der Waals surface area (Å²) in [4.78, 5) is 34.7. The Bertz CT molecular complexity index is 856. The number of ether oxygens (including phenoxy) is 2. The van der Waals surface area contributed by atoms with E-state index < -0.39 is 12.1 Å². The minimum atomic E-state index is -0.979. The van der Waals surface area contributed by atoms with Gasteiger partial charge in [0, 0.05) is 31.8 Å². The summed E-state index contributed by atoms with van der Waals surface area (Å²) in [6.07, 6.45) is 9.47. The van der Waals surface area contributed by atoms with E-state index in [1.807, 2.05) is 0 Å². The Morgan fingerprint density at radius 3 is 2.39 bits per heavy atom. The van der Waals surface area contributed by atoms with Crippen LogP contribution in [0.2, 0.25) is 0 Å². The van der Waals surface area contributed by atoms with Gasteiger partial charge in [-0.25, -0.2) is 4.79 Å². The van der Waals surface area contributed by atoms with Gasteiger partial charge in [0.15, 0.2) is 0 Å². The zero-order chi connectivity index (χ0) is 22.6. The molecule has 0 aromatic rings. The fourth-order valence-corrected chi connectivity index (χ4v) is 7.47. The second-order valence-corrected chi connectivity index (χ2v) is 10.5. The molecule has 0 saturated heterocycles. The molecule has 4 rings (SSSR count). The lowest BCUT2D eigenvalue weighted by molar-refractivity contribution is -0.155. The number of hydrogen-bond acceptors (Lipinski definition) is 5. The number of carboxylic acids is 1. The van der Waals surface area contributed by atoms with E-state index in [0.717, 1.165) is 44.1 Å². The SMILES string of the molecule is CC(=O)OC1CCC2(C)C(=CCC3C2CCC2(C)C(OC(C)=O)/C(=C/C(=O)O)CC32)C1. The average molecular weight is 431 g/mol. The van der Waals surface area contributed by atoms with Gasteiger partial charge in [0.05, 0.1) is 0 Å². The van der Waals surface area contributed by atoms with Gasteiger partial charge in [0.25, 0.3) is 0 Å². The highest BCUT2D eigenvalue weighted by Crippen LogP contribution is 2.66. The highest BCUT2D eigenvalue weighted by atomic mass is 16.5. The van der Waals surface area contributed by atoms with Crippen LogP contribution < -0.4 is 0 Å². The van der Waals surface area contributed by atoms with Crippen molar-refractivity contribution in [2.24, 2.45) is 28.6 Å². The van der Waals surface area contributed by atoms with E-state index in [1.165, 1.54) is 25.5 Å². The first kappa shape index (κ1) is 22.1. The van der Waals surface area contributed by atoms with Crippen LogP contribution in [0, 0.1) is 28.6 Å². The predicted molar refractivity (Wildman–Crippen MR) is 114 cm³/mol. The minimum absolute atomic E-state index is 0.0211. The predicted octanol–water partition coefficient (Wildman–Crippen LogP) is 4.43. The molecule has 7 atom stereocenters. The van der Waals surface area contributed by atoms with Crippen molar-refractivity contribution >= 4 is 17.9 Å². The highest BCUT2D eigenvalue weighted by Gasteiger charge is 2.61. The third-order valence-electron chi connectivity index (χ3n) is 8.81. The molecular weight excluding hydrogens is 396 g/mol. The summed E-state index contributed by atoms with van der Waals surface area (Å²) in [6, 6.07) is 0. The molecule has 0 aliphatic heterocycles. The molecule has 0 heterocycles. The average Bonchev–Trinajstić information content (AvgIpc) is 2.92. The van der Waals surface area contributed by atoms with E-state index in [9.17, 15) is 19.5 Å². The Balaban J connectivity index is 1.64. The molecule has 4 aliphatic rings. The molecule has 7 unspecified atom stereocenters. The first-order chi connectivity index (χ1) is 14.5. The number of esters is 2. The molecule has 0 spiro atoms. The minimum Gasteiger partial charge on any atom is -0.478 e. The molecule has 0 aromatic carbocycles. The molecule has 0 radical (unpaired) electrons. The van der Waals surface area contributed by atoms with Gasteiger partial charge in [-0.05, 0) is 67.3 Å². The maximum atomic E-state index is 11.8. The quantitative estimate of drug-likeness (QED) is 0.405. The molecule has 0 amide bonds. The molecule has 4 aliphatic carbocycles. The first-order valence-electron chi connectivity index (χ1n) is 11.5. The Morgan fingerprint density at radius 2 is 1.74 bits per heavy atom. The maximum absolute atomic E-state index is 11.8. The van der Waals surface area contributed by atoms with E-state index in [-0.39, 0.29) is 28.9 Å². The second kappa shape index (κ2) is 7.79. The summed E-state index contributed by atoms with van der Waals surface area (Å²) in [5, 5.41) is 9.40. The molecular formula is C25H34O6. The van der Waals surface area contributed by atoms with Crippen LogP contribution in [0.4, 0.5) is 0 Å². The van der Waals surface area contributed by atoms with Crippen molar-refractivity contribution < 1.29 is 29.0 Å². The van der Waals surface area contributed by atoms with Gasteiger partial charge in [0.1, 0.15) is 12.2 Å². The Hall–Kier alpha value is -2.11. The number of aliphatic carboxylic acids is 1. The van der Waals surface area contributed by atoms with Crippen LogP contribution in [0.5, 0.6) is 0 Å². The molecule has 3 saturated carbocycles. The van der Waals surface area contributed by atoms with E-state index in [0.29, 0.717) is 24.2 Å². The summed E-state index contributed by atoms with van der Waals surface area (Å²) in [6.45, 7) is 7.43. The number of allylic oxidation sites excluding steroid dienone is 1. The normalized spacial score (nSPS) is 42.6. The van der Waals surface area contributed by atoms with Gasteiger partial charge in [0.2, 0.25) is 0 Å². The number of carbonyl (C=O) groups is 3. The van der Waals surface area contributed by atoms with Gasteiger partial charge < -0.3 is 14.6 Å². The Labute approximate surface area is 184 Å². The number of carboxylic acid groups (broad SMARTS) is 1. The van der Waals surface area contributed by atoms with Crippen molar-refractivity contribution in [2.75, 3.05) is 0 Å². The lowest BCUT2D eigenvalue weighted by atomic mass is 9.48. The third-order valence-corrected chi connectivity index (χ3v) is 8.81. The fourth-order valence-electron chi connectivity index (χ4n) is 7.47. The third kappa shape index (κ3) is 3.72. The number of rotatable bonds is 3. The summed E-state index contributed by atoms with van der Waals surface area (Å²) < 4.78 is 11.2. The molecule has 0 aromatic heterocycles. The molecule has 6 heteroatoms. The van der Waals surface area contributed by atoms with Crippen LogP contribution in [0.1, 0.15) is 72.6 Å². The van der Waals surface area contributed by atoms with Crippen LogP contribution in [-0.4, -0.2) is 35.2 Å². The van der Waals surface area contributed by atoms with Crippen LogP contribution in [0.15, 0.2) is 23.3 Å². The summed E-state index contributed by atoms with van der Waals surface area (Å²) in [5.74, 6) is -0.292. The molecule has 31 heavy (non-hydrogen) atoms. The Morgan fingerprint density at radius 1 is 1.03 bits per heavy atom. The monoisotopic (exact) mass is 430 g/mol. The number of carbonyl (C=O) groups excluding carboxylic acids is 2. The first-order valence-corrected chi connectivity index (χ1v) is 11.5. The van der Waals surface area contributed by atoms with Crippen molar-refractivity contribution in [2.45, 2.75) is 84.8 Å².